The van der Waals surface area contributed by atoms with Crippen LogP contribution in [0.5, 0.6) is 5.75 Å². The molecule has 2 amide bonds. The summed E-state index contributed by atoms with van der Waals surface area (Å²) in [7, 11) is 0. The second kappa shape index (κ2) is 9.56. The molecule has 3 rings (SSSR count). The predicted molar refractivity (Wildman–Crippen MR) is 114 cm³/mol. The highest BCUT2D eigenvalue weighted by atomic mass is 16.3. The van der Waals surface area contributed by atoms with Crippen LogP contribution in [-0.2, 0) is 16.0 Å². The van der Waals surface area contributed by atoms with E-state index in [0.29, 0.717) is 25.9 Å². The maximum Gasteiger partial charge on any atom is 0.239 e. The molecule has 0 saturated carbocycles. The molecule has 1 aliphatic rings. The van der Waals surface area contributed by atoms with Gasteiger partial charge in [-0.2, -0.15) is 0 Å². The summed E-state index contributed by atoms with van der Waals surface area (Å²) in [6.07, 6.45) is 2.35. The van der Waals surface area contributed by atoms with E-state index < -0.39 is 6.04 Å². The molecule has 1 atom stereocenters. The first-order valence-electron chi connectivity index (χ1n) is 10.2. The first kappa shape index (κ1) is 20.9. The third-order valence-electron chi connectivity index (χ3n) is 5.46. The van der Waals surface area contributed by atoms with Gasteiger partial charge in [0.15, 0.2) is 0 Å². The fourth-order valence-electron chi connectivity index (χ4n) is 3.87. The highest BCUT2D eigenvalue weighted by molar-refractivity contribution is 5.93. The van der Waals surface area contributed by atoms with Crippen molar-refractivity contribution in [2.45, 2.75) is 44.7 Å². The van der Waals surface area contributed by atoms with Crippen LogP contribution in [0, 0.1) is 0 Å². The monoisotopic (exact) mass is 395 g/mol. The third-order valence-corrected chi connectivity index (χ3v) is 5.46. The molecule has 1 heterocycles. The molecule has 1 aliphatic heterocycles. The Bertz CT molecular complexity index is 815. The number of anilines is 1. The maximum absolute atomic E-state index is 12.8. The summed E-state index contributed by atoms with van der Waals surface area (Å²) in [6.45, 7) is 3.06. The molecule has 6 heteroatoms. The standard InChI is InChI=1S/C23H29N3O3/c1-2-22(28)26(18-6-4-3-5-7-18)19-12-14-25(15-13-19)23(29)21(24)16-17-8-10-20(27)11-9-17/h3-11,19,21,27H,2,12-16,24H2,1H3/t21-/m0/s1. The van der Waals surface area contributed by atoms with Crippen molar-refractivity contribution in [3.05, 3.63) is 60.2 Å². The molecule has 1 saturated heterocycles. The van der Waals surface area contributed by atoms with Crippen LogP contribution in [0.25, 0.3) is 0 Å². The quantitative estimate of drug-likeness (QED) is 0.787. The summed E-state index contributed by atoms with van der Waals surface area (Å²) in [5.74, 6) is 0.231. The van der Waals surface area contributed by atoms with Crippen LogP contribution in [0.15, 0.2) is 54.6 Å². The summed E-state index contributed by atoms with van der Waals surface area (Å²) >= 11 is 0. The van der Waals surface area contributed by atoms with E-state index in [1.165, 1.54) is 0 Å². The number of benzene rings is 2. The van der Waals surface area contributed by atoms with Crippen molar-refractivity contribution in [1.29, 1.82) is 0 Å². The van der Waals surface area contributed by atoms with E-state index >= 15 is 0 Å². The molecule has 6 nitrogen and oxygen atoms in total. The van der Waals surface area contributed by atoms with Gasteiger partial charge in [-0.1, -0.05) is 37.3 Å². The molecule has 2 aromatic carbocycles. The Kier molecular flexibility index (Phi) is 6.88. The molecule has 1 fully saturated rings. The van der Waals surface area contributed by atoms with Crippen LogP contribution in [0.1, 0.15) is 31.7 Å². The van der Waals surface area contributed by atoms with Crippen molar-refractivity contribution in [2.24, 2.45) is 5.73 Å². The Labute approximate surface area is 171 Å². The lowest BCUT2D eigenvalue weighted by Gasteiger charge is -2.39. The molecular formula is C23H29N3O3. The van der Waals surface area contributed by atoms with Crippen LogP contribution in [-0.4, -0.2) is 47.0 Å². The second-order valence-electron chi connectivity index (χ2n) is 7.49. The van der Waals surface area contributed by atoms with Crippen molar-refractivity contribution in [1.82, 2.24) is 4.90 Å². The van der Waals surface area contributed by atoms with Gasteiger partial charge in [0.2, 0.25) is 11.8 Å². The van der Waals surface area contributed by atoms with Gasteiger partial charge in [0.25, 0.3) is 0 Å². The number of aromatic hydroxyl groups is 1. The predicted octanol–water partition coefficient (Wildman–Crippen LogP) is 2.70. The lowest BCUT2D eigenvalue weighted by molar-refractivity contribution is -0.133. The maximum atomic E-state index is 12.8. The van der Waals surface area contributed by atoms with E-state index in [0.717, 1.165) is 24.1 Å². The number of phenols is 1. The van der Waals surface area contributed by atoms with Crippen molar-refractivity contribution in [2.75, 3.05) is 18.0 Å². The zero-order valence-corrected chi connectivity index (χ0v) is 16.8. The summed E-state index contributed by atoms with van der Waals surface area (Å²) < 4.78 is 0. The zero-order chi connectivity index (χ0) is 20.8. The fourth-order valence-corrected chi connectivity index (χ4v) is 3.87. The molecule has 0 aliphatic carbocycles. The molecule has 2 aromatic rings. The molecule has 154 valence electrons. The SMILES string of the molecule is CCC(=O)N(c1ccccc1)C1CCN(C(=O)[C@@H](N)Cc2ccc(O)cc2)CC1. The number of rotatable bonds is 6. The highest BCUT2D eigenvalue weighted by Crippen LogP contribution is 2.25. The average molecular weight is 396 g/mol. The molecule has 29 heavy (non-hydrogen) atoms. The van der Waals surface area contributed by atoms with E-state index in [1.54, 1.807) is 29.2 Å². The number of phenolic OH excluding ortho intramolecular Hbond substituents is 1. The number of hydrogen-bond donors (Lipinski definition) is 2. The third kappa shape index (κ3) is 5.15. The lowest BCUT2D eigenvalue weighted by atomic mass is 9.99. The summed E-state index contributed by atoms with van der Waals surface area (Å²) in [6, 6.07) is 16.0. The lowest BCUT2D eigenvalue weighted by Crippen LogP contribution is -2.52. The van der Waals surface area contributed by atoms with Crippen molar-refractivity contribution < 1.29 is 14.7 Å². The van der Waals surface area contributed by atoms with Crippen LogP contribution >= 0.6 is 0 Å². The largest absolute Gasteiger partial charge is 0.508 e. The van der Waals surface area contributed by atoms with Crippen molar-refractivity contribution in [3.8, 4) is 5.75 Å². The van der Waals surface area contributed by atoms with Gasteiger partial charge in [-0.05, 0) is 49.1 Å². The molecule has 0 unspecified atom stereocenters. The number of carbonyl (C=O) groups excluding carboxylic acids is 2. The Morgan fingerprint density at radius 2 is 1.72 bits per heavy atom. The number of para-hydroxylation sites is 1. The van der Waals surface area contributed by atoms with Crippen LogP contribution in [0.3, 0.4) is 0 Å². The molecule has 0 aromatic heterocycles. The van der Waals surface area contributed by atoms with E-state index in [1.807, 2.05) is 42.2 Å². The number of nitrogens with two attached hydrogens (primary N) is 1. The van der Waals surface area contributed by atoms with Gasteiger partial charge in [0.05, 0.1) is 6.04 Å². The summed E-state index contributed by atoms with van der Waals surface area (Å²) in [5.41, 5.74) is 7.98. The van der Waals surface area contributed by atoms with Gasteiger partial charge in [0.1, 0.15) is 5.75 Å². The number of carbonyl (C=O) groups is 2. The van der Waals surface area contributed by atoms with Crippen molar-refractivity contribution in [3.63, 3.8) is 0 Å². The zero-order valence-electron chi connectivity index (χ0n) is 16.8. The van der Waals surface area contributed by atoms with Gasteiger partial charge in [-0.25, -0.2) is 0 Å². The van der Waals surface area contributed by atoms with Gasteiger partial charge < -0.3 is 20.6 Å². The van der Waals surface area contributed by atoms with E-state index in [-0.39, 0.29) is 23.6 Å². The Morgan fingerprint density at radius 1 is 1.10 bits per heavy atom. The number of piperidine rings is 1. The van der Waals surface area contributed by atoms with Crippen LogP contribution in [0.4, 0.5) is 5.69 Å². The Hall–Kier alpha value is -2.86. The molecule has 0 bridgehead atoms. The van der Waals surface area contributed by atoms with E-state index in [4.69, 9.17) is 5.73 Å². The van der Waals surface area contributed by atoms with E-state index in [9.17, 15) is 14.7 Å². The van der Waals surface area contributed by atoms with Crippen molar-refractivity contribution >= 4 is 17.5 Å². The minimum Gasteiger partial charge on any atom is -0.508 e. The van der Waals surface area contributed by atoms with Crippen LogP contribution in [0.2, 0.25) is 0 Å². The summed E-state index contributed by atoms with van der Waals surface area (Å²) in [4.78, 5) is 29.0. The minimum atomic E-state index is -0.612. The molecular weight excluding hydrogens is 366 g/mol. The van der Waals surface area contributed by atoms with Gasteiger partial charge >= 0.3 is 0 Å². The first-order chi connectivity index (χ1) is 14.0. The van der Waals surface area contributed by atoms with Crippen LogP contribution < -0.4 is 10.6 Å². The summed E-state index contributed by atoms with van der Waals surface area (Å²) in [5, 5.41) is 9.38. The average Bonchev–Trinajstić information content (AvgIpc) is 2.76. The smallest absolute Gasteiger partial charge is 0.239 e. The second-order valence-corrected chi connectivity index (χ2v) is 7.49. The minimum absolute atomic E-state index is 0.0652. The van der Waals surface area contributed by atoms with Gasteiger partial charge in [-0.15, -0.1) is 0 Å². The normalized spacial score (nSPS) is 15.7. The molecule has 0 radical (unpaired) electrons. The van der Waals surface area contributed by atoms with Gasteiger partial charge in [-0.3, -0.25) is 9.59 Å². The fraction of sp³-hybridized carbons (Fsp3) is 0.391. The van der Waals surface area contributed by atoms with E-state index in [2.05, 4.69) is 0 Å². The number of hydrogen-bond acceptors (Lipinski definition) is 4. The highest BCUT2D eigenvalue weighted by Gasteiger charge is 2.31. The number of nitrogens with zero attached hydrogens (tertiary/aromatic N) is 2. The first-order valence-corrected chi connectivity index (χ1v) is 10.2. The van der Waals surface area contributed by atoms with Gasteiger partial charge in [0, 0.05) is 31.2 Å². The topological polar surface area (TPSA) is 86.9 Å². The number of amides is 2. The molecule has 0 spiro atoms. The number of likely N-dealkylation sites (tertiary alicyclic amines) is 1. The Balaban J connectivity index is 1.60. The molecule has 3 N–H and O–H groups in total. The Morgan fingerprint density at radius 3 is 2.31 bits per heavy atom.